The van der Waals surface area contributed by atoms with Crippen molar-refractivity contribution in [1.82, 2.24) is 10.3 Å². The topological polar surface area (TPSA) is 51.2 Å². The SMILES string of the molecule is CC(C)(C)OCC(=O)NCc1nc(-c2ccc(Cl)cc2)cs1. The average molecular weight is 339 g/mol. The minimum atomic E-state index is -0.319. The quantitative estimate of drug-likeness (QED) is 0.899. The largest absolute Gasteiger partial charge is 0.366 e. The van der Waals surface area contributed by atoms with Gasteiger partial charge in [0.05, 0.1) is 17.8 Å². The zero-order valence-corrected chi connectivity index (χ0v) is 14.4. The lowest BCUT2D eigenvalue weighted by Gasteiger charge is -2.18. The van der Waals surface area contributed by atoms with E-state index in [-0.39, 0.29) is 18.1 Å². The molecule has 0 bridgehead atoms. The molecule has 22 heavy (non-hydrogen) atoms. The van der Waals surface area contributed by atoms with Crippen molar-refractivity contribution in [2.45, 2.75) is 32.9 Å². The zero-order valence-electron chi connectivity index (χ0n) is 12.9. The van der Waals surface area contributed by atoms with Gasteiger partial charge in [-0.2, -0.15) is 0 Å². The third kappa shape index (κ3) is 5.40. The molecule has 0 atom stereocenters. The Kier molecular flexibility index (Phi) is 5.56. The number of amides is 1. The number of hydrogen-bond donors (Lipinski definition) is 1. The number of hydrogen-bond acceptors (Lipinski definition) is 4. The van der Waals surface area contributed by atoms with Crippen LogP contribution in [-0.2, 0) is 16.1 Å². The number of rotatable bonds is 5. The van der Waals surface area contributed by atoms with E-state index < -0.39 is 0 Å². The van der Waals surface area contributed by atoms with Crippen molar-refractivity contribution < 1.29 is 9.53 Å². The van der Waals surface area contributed by atoms with Crippen LogP contribution in [0.3, 0.4) is 0 Å². The van der Waals surface area contributed by atoms with Gasteiger partial charge in [-0.25, -0.2) is 4.98 Å². The van der Waals surface area contributed by atoms with Crippen LogP contribution in [0, 0.1) is 0 Å². The summed E-state index contributed by atoms with van der Waals surface area (Å²) in [6, 6.07) is 7.52. The van der Waals surface area contributed by atoms with Gasteiger partial charge in [0.25, 0.3) is 0 Å². The molecular formula is C16H19ClN2O2S. The molecule has 0 aliphatic heterocycles. The van der Waals surface area contributed by atoms with Gasteiger partial charge in [0.15, 0.2) is 0 Å². The van der Waals surface area contributed by atoms with Crippen molar-refractivity contribution in [1.29, 1.82) is 0 Å². The number of ether oxygens (including phenoxy) is 1. The number of nitrogens with one attached hydrogen (secondary N) is 1. The molecule has 0 saturated heterocycles. The summed E-state index contributed by atoms with van der Waals surface area (Å²) in [5.41, 5.74) is 1.58. The van der Waals surface area contributed by atoms with Gasteiger partial charge in [-0.15, -0.1) is 11.3 Å². The highest BCUT2D eigenvalue weighted by Crippen LogP contribution is 2.23. The van der Waals surface area contributed by atoms with Gasteiger partial charge in [0.2, 0.25) is 5.91 Å². The van der Waals surface area contributed by atoms with E-state index in [0.29, 0.717) is 11.6 Å². The molecule has 1 aromatic carbocycles. The van der Waals surface area contributed by atoms with Crippen molar-refractivity contribution >= 4 is 28.8 Å². The molecule has 0 unspecified atom stereocenters. The Bertz CT molecular complexity index is 632. The maximum atomic E-state index is 11.7. The third-order valence-corrected chi connectivity index (χ3v) is 3.87. The second-order valence-electron chi connectivity index (χ2n) is 5.81. The van der Waals surface area contributed by atoms with Crippen LogP contribution in [-0.4, -0.2) is 23.1 Å². The highest BCUT2D eigenvalue weighted by molar-refractivity contribution is 7.09. The summed E-state index contributed by atoms with van der Waals surface area (Å²) in [6.45, 7) is 6.21. The van der Waals surface area contributed by atoms with E-state index in [1.165, 1.54) is 11.3 Å². The van der Waals surface area contributed by atoms with E-state index in [2.05, 4.69) is 10.3 Å². The molecule has 1 aromatic heterocycles. The van der Waals surface area contributed by atoms with Crippen LogP contribution in [0.1, 0.15) is 25.8 Å². The van der Waals surface area contributed by atoms with Crippen molar-refractivity contribution in [3.63, 3.8) is 0 Å². The van der Waals surface area contributed by atoms with E-state index in [1.807, 2.05) is 50.4 Å². The Morgan fingerprint density at radius 2 is 2.00 bits per heavy atom. The minimum absolute atomic E-state index is 0.0545. The third-order valence-electron chi connectivity index (χ3n) is 2.76. The summed E-state index contributed by atoms with van der Waals surface area (Å²) in [6.07, 6.45) is 0. The van der Waals surface area contributed by atoms with E-state index >= 15 is 0 Å². The fraction of sp³-hybridized carbons (Fsp3) is 0.375. The first-order chi connectivity index (χ1) is 10.3. The smallest absolute Gasteiger partial charge is 0.246 e. The first-order valence-corrected chi connectivity index (χ1v) is 8.20. The van der Waals surface area contributed by atoms with Gasteiger partial charge in [-0.1, -0.05) is 23.7 Å². The van der Waals surface area contributed by atoms with Crippen LogP contribution in [0.25, 0.3) is 11.3 Å². The van der Waals surface area contributed by atoms with Crippen LogP contribution < -0.4 is 5.32 Å². The number of halogens is 1. The minimum Gasteiger partial charge on any atom is -0.366 e. The molecular weight excluding hydrogens is 320 g/mol. The first kappa shape index (κ1) is 16.9. The number of carbonyl (C=O) groups is 1. The maximum Gasteiger partial charge on any atom is 0.246 e. The Morgan fingerprint density at radius 1 is 1.32 bits per heavy atom. The van der Waals surface area contributed by atoms with Gasteiger partial charge in [0, 0.05) is 16.0 Å². The molecule has 2 rings (SSSR count). The number of benzene rings is 1. The molecule has 1 heterocycles. The maximum absolute atomic E-state index is 11.7. The number of aromatic nitrogens is 1. The summed E-state index contributed by atoms with van der Waals surface area (Å²) >= 11 is 7.39. The first-order valence-electron chi connectivity index (χ1n) is 6.94. The van der Waals surface area contributed by atoms with Crippen molar-refractivity contribution in [3.8, 4) is 11.3 Å². The van der Waals surface area contributed by atoms with Gasteiger partial charge >= 0.3 is 0 Å². The van der Waals surface area contributed by atoms with E-state index in [4.69, 9.17) is 16.3 Å². The van der Waals surface area contributed by atoms with Gasteiger partial charge < -0.3 is 10.1 Å². The van der Waals surface area contributed by atoms with Gasteiger partial charge in [-0.05, 0) is 32.9 Å². The predicted molar refractivity (Wildman–Crippen MR) is 90.1 cm³/mol. The van der Waals surface area contributed by atoms with Crippen LogP contribution in [0.4, 0.5) is 0 Å². The fourth-order valence-electron chi connectivity index (χ4n) is 1.65. The Balaban J connectivity index is 1.87. The van der Waals surface area contributed by atoms with Crippen LogP contribution in [0.5, 0.6) is 0 Å². The van der Waals surface area contributed by atoms with Gasteiger partial charge in [-0.3, -0.25) is 4.79 Å². The summed E-state index contributed by atoms with van der Waals surface area (Å²) in [5.74, 6) is -0.141. The number of thiazole rings is 1. The zero-order chi connectivity index (χ0) is 16.2. The monoisotopic (exact) mass is 338 g/mol. The molecule has 118 valence electrons. The van der Waals surface area contributed by atoms with Crippen molar-refractivity contribution in [2.24, 2.45) is 0 Å². The second-order valence-corrected chi connectivity index (χ2v) is 7.19. The van der Waals surface area contributed by atoms with E-state index in [9.17, 15) is 4.79 Å². The summed E-state index contributed by atoms with van der Waals surface area (Å²) in [5, 5.41) is 6.33. The lowest BCUT2D eigenvalue weighted by molar-refractivity contribution is -0.130. The second kappa shape index (κ2) is 7.22. The van der Waals surface area contributed by atoms with Crippen molar-refractivity contribution in [3.05, 3.63) is 39.7 Å². The van der Waals surface area contributed by atoms with Crippen LogP contribution in [0.2, 0.25) is 5.02 Å². The average Bonchev–Trinajstić information content (AvgIpc) is 2.92. The Morgan fingerprint density at radius 3 is 2.64 bits per heavy atom. The van der Waals surface area contributed by atoms with Crippen LogP contribution >= 0.6 is 22.9 Å². The highest BCUT2D eigenvalue weighted by Gasteiger charge is 2.13. The van der Waals surface area contributed by atoms with E-state index in [0.717, 1.165) is 16.3 Å². The number of carbonyl (C=O) groups excluding carboxylic acids is 1. The molecule has 4 nitrogen and oxygen atoms in total. The van der Waals surface area contributed by atoms with Crippen molar-refractivity contribution in [2.75, 3.05) is 6.61 Å². The van der Waals surface area contributed by atoms with Gasteiger partial charge in [0.1, 0.15) is 11.6 Å². The summed E-state index contributed by atoms with van der Waals surface area (Å²) in [7, 11) is 0. The molecule has 0 radical (unpaired) electrons. The lowest BCUT2D eigenvalue weighted by atomic mass is 10.2. The molecule has 6 heteroatoms. The Labute approximate surface area is 139 Å². The molecule has 1 N–H and O–H groups in total. The highest BCUT2D eigenvalue weighted by atomic mass is 35.5. The fourth-order valence-corrected chi connectivity index (χ4v) is 2.52. The molecule has 0 aliphatic carbocycles. The molecule has 1 amide bonds. The molecule has 0 fully saturated rings. The molecule has 0 aliphatic rings. The van der Waals surface area contributed by atoms with Crippen LogP contribution in [0.15, 0.2) is 29.6 Å². The summed E-state index contributed by atoms with van der Waals surface area (Å²) in [4.78, 5) is 16.2. The molecule has 2 aromatic rings. The summed E-state index contributed by atoms with van der Waals surface area (Å²) < 4.78 is 5.42. The molecule has 0 saturated carbocycles. The Hall–Kier alpha value is -1.43. The standard InChI is InChI=1S/C16H19ClN2O2S/c1-16(2,3)21-9-14(20)18-8-15-19-13(10-22-15)11-4-6-12(17)7-5-11/h4-7,10H,8-9H2,1-3H3,(H,18,20). The van der Waals surface area contributed by atoms with E-state index in [1.54, 1.807) is 0 Å². The molecule has 0 spiro atoms. The lowest BCUT2D eigenvalue weighted by Crippen LogP contribution is -2.31. The number of nitrogens with zero attached hydrogens (tertiary/aromatic N) is 1. The normalized spacial score (nSPS) is 11.5. The predicted octanol–water partition coefficient (Wildman–Crippen LogP) is 3.89.